The van der Waals surface area contributed by atoms with Crippen molar-refractivity contribution in [3.63, 3.8) is 0 Å². The van der Waals surface area contributed by atoms with Crippen LogP contribution in [-0.2, 0) is 0 Å². The van der Waals surface area contributed by atoms with Crippen molar-refractivity contribution in [2.45, 2.75) is 53.4 Å². The second kappa shape index (κ2) is 7.99. The van der Waals surface area contributed by atoms with Gasteiger partial charge in [0.15, 0.2) is 0 Å². The number of allylic oxidation sites excluding steroid dienone is 3. The van der Waals surface area contributed by atoms with Crippen LogP contribution in [0, 0.1) is 12.8 Å². The Kier molecular flexibility index (Phi) is 6.62. The molecule has 1 rings (SSSR count). The van der Waals surface area contributed by atoms with Crippen molar-refractivity contribution in [3.8, 4) is 0 Å². The van der Waals surface area contributed by atoms with E-state index in [1.165, 1.54) is 42.4 Å². The standard InChI is InChI=1S/C19H28/c1-6-7-8-11-15(2)17(4)14-18(5)19-13-10-9-12-16(19)3/h9-10,12-15H,5-8,11H2,1-4H3/b17-14-. The smallest absolute Gasteiger partial charge is 0.0161 e. The molecule has 1 atom stereocenters. The summed E-state index contributed by atoms with van der Waals surface area (Å²) in [6.07, 6.45) is 7.53. The van der Waals surface area contributed by atoms with Crippen molar-refractivity contribution in [2.75, 3.05) is 0 Å². The maximum Gasteiger partial charge on any atom is -0.0161 e. The highest BCUT2D eigenvalue weighted by atomic mass is 14.1. The molecule has 0 bridgehead atoms. The Balaban J connectivity index is 2.68. The molecule has 104 valence electrons. The molecular weight excluding hydrogens is 228 g/mol. The van der Waals surface area contributed by atoms with Crippen LogP contribution in [0.2, 0.25) is 0 Å². The first kappa shape index (κ1) is 15.8. The Labute approximate surface area is 119 Å². The molecule has 0 heteroatoms. The molecule has 19 heavy (non-hydrogen) atoms. The summed E-state index contributed by atoms with van der Waals surface area (Å²) >= 11 is 0. The number of rotatable bonds is 7. The summed E-state index contributed by atoms with van der Waals surface area (Å²) in [6, 6.07) is 8.47. The average Bonchev–Trinajstić information content (AvgIpc) is 2.39. The molecule has 0 N–H and O–H groups in total. The van der Waals surface area contributed by atoms with E-state index in [1.54, 1.807) is 0 Å². The van der Waals surface area contributed by atoms with Gasteiger partial charge in [-0.05, 0) is 42.9 Å². The third-order valence-electron chi connectivity index (χ3n) is 3.91. The van der Waals surface area contributed by atoms with E-state index >= 15 is 0 Å². The number of benzene rings is 1. The van der Waals surface area contributed by atoms with Crippen LogP contribution in [0.25, 0.3) is 5.57 Å². The van der Waals surface area contributed by atoms with Gasteiger partial charge in [-0.25, -0.2) is 0 Å². The maximum absolute atomic E-state index is 4.23. The molecule has 0 nitrogen and oxygen atoms in total. The number of hydrogen-bond donors (Lipinski definition) is 0. The molecule has 0 aromatic heterocycles. The Morgan fingerprint density at radius 3 is 2.58 bits per heavy atom. The molecule has 0 aliphatic rings. The first-order valence-electron chi connectivity index (χ1n) is 7.49. The van der Waals surface area contributed by atoms with Crippen LogP contribution in [0.4, 0.5) is 0 Å². The largest absolute Gasteiger partial charge is 0.0912 e. The molecule has 0 fully saturated rings. The predicted molar refractivity (Wildman–Crippen MR) is 87.3 cm³/mol. The first-order valence-corrected chi connectivity index (χ1v) is 7.49. The van der Waals surface area contributed by atoms with Crippen LogP contribution in [0.3, 0.4) is 0 Å². The summed E-state index contributed by atoms with van der Waals surface area (Å²) < 4.78 is 0. The van der Waals surface area contributed by atoms with Gasteiger partial charge in [-0.15, -0.1) is 0 Å². The van der Waals surface area contributed by atoms with E-state index in [2.05, 4.69) is 64.6 Å². The fraction of sp³-hybridized carbons (Fsp3) is 0.474. The van der Waals surface area contributed by atoms with E-state index in [4.69, 9.17) is 0 Å². The lowest BCUT2D eigenvalue weighted by Crippen LogP contribution is -1.97. The fourth-order valence-electron chi connectivity index (χ4n) is 2.36. The third kappa shape index (κ3) is 5.06. The molecule has 0 spiro atoms. The Morgan fingerprint density at radius 2 is 1.95 bits per heavy atom. The fourth-order valence-corrected chi connectivity index (χ4v) is 2.36. The molecular formula is C19H28. The second-order valence-corrected chi connectivity index (χ2v) is 5.63. The molecule has 0 aliphatic heterocycles. The van der Waals surface area contributed by atoms with Gasteiger partial charge in [0.1, 0.15) is 0 Å². The van der Waals surface area contributed by atoms with Gasteiger partial charge in [-0.3, -0.25) is 0 Å². The summed E-state index contributed by atoms with van der Waals surface area (Å²) in [6.45, 7) is 13.2. The number of unbranched alkanes of at least 4 members (excludes halogenated alkanes) is 2. The van der Waals surface area contributed by atoms with E-state index in [0.29, 0.717) is 5.92 Å². The minimum atomic E-state index is 0.660. The Hall–Kier alpha value is -1.30. The lowest BCUT2D eigenvalue weighted by atomic mass is 9.92. The monoisotopic (exact) mass is 256 g/mol. The molecule has 0 radical (unpaired) electrons. The van der Waals surface area contributed by atoms with Gasteiger partial charge in [0.05, 0.1) is 0 Å². The topological polar surface area (TPSA) is 0 Å². The van der Waals surface area contributed by atoms with Gasteiger partial charge in [0, 0.05) is 0 Å². The van der Waals surface area contributed by atoms with Crippen LogP contribution >= 0.6 is 0 Å². The van der Waals surface area contributed by atoms with E-state index in [0.717, 1.165) is 5.57 Å². The first-order chi connectivity index (χ1) is 9.06. The second-order valence-electron chi connectivity index (χ2n) is 5.63. The van der Waals surface area contributed by atoms with Gasteiger partial charge >= 0.3 is 0 Å². The number of hydrogen-bond acceptors (Lipinski definition) is 0. The summed E-state index contributed by atoms with van der Waals surface area (Å²) in [5, 5.41) is 0. The van der Waals surface area contributed by atoms with Crippen LogP contribution in [-0.4, -0.2) is 0 Å². The molecule has 1 aromatic rings. The third-order valence-corrected chi connectivity index (χ3v) is 3.91. The molecule has 0 saturated heterocycles. The highest BCUT2D eigenvalue weighted by molar-refractivity contribution is 5.74. The molecule has 1 unspecified atom stereocenters. The Morgan fingerprint density at radius 1 is 1.26 bits per heavy atom. The molecule has 0 heterocycles. The molecule has 0 aliphatic carbocycles. The van der Waals surface area contributed by atoms with Gasteiger partial charge in [0.2, 0.25) is 0 Å². The lowest BCUT2D eigenvalue weighted by Gasteiger charge is -2.13. The van der Waals surface area contributed by atoms with Crippen molar-refractivity contribution in [1.82, 2.24) is 0 Å². The predicted octanol–water partition coefficient (Wildman–Crippen LogP) is 6.17. The normalized spacial score (nSPS) is 13.4. The lowest BCUT2D eigenvalue weighted by molar-refractivity contribution is 0.554. The highest BCUT2D eigenvalue weighted by Crippen LogP contribution is 2.24. The van der Waals surface area contributed by atoms with Crippen molar-refractivity contribution < 1.29 is 0 Å². The van der Waals surface area contributed by atoms with E-state index in [9.17, 15) is 0 Å². The van der Waals surface area contributed by atoms with Gasteiger partial charge < -0.3 is 0 Å². The minimum Gasteiger partial charge on any atom is -0.0912 e. The number of aryl methyl sites for hydroxylation is 1. The van der Waals surface area contributed by atoms with Crippen molar-refractivity contribution >= 4 is 5.57 Å². The van der Waals surface area contributed by atoms with Crippen LogP contribution in [0.1, 0.15) is 57.6 Å². The SMILES string of the molecule is C=C(/C=C(/C)C(C)CCCCC)c1ccccc1C. The maximum atomic E-state index is 4.23. The minimum absolute atomic E-state index is 0.660. The quantitative estimate of drug-likeness (QED) is 0.404. The zero-order valence-electron chi connectivity index (χ0n) is 13.0. The van der Waals surface area contributed by atoms with E-state index in [-0.39, 0.29) is 0 Å². The van der Waals surface area contributed by atoms with Crippen LogP contribution in [0.15, 0.2) is 42.5 Å². The average molecular weight is 256 g/mol. The van der Waals surface area contributed by atoms with E-state index in [1.807, 2.05) is 0 Å². The highest BCUT2D eigenvalue weighted by Gasteiger charge is 2.06. The Bertz CT molecular complexity index is 437. The summed E-state index contributed by atoms with van der Waals surface area (Å²) in [5.41, 5.74) is 5.15. The zero-order chi connectivity index (χ0) is 14.3. The van der Waals surface area contributed by atoms with Gasteiger partial charge in [-0.1, -0.05) is 75.6 Å². The van der Waals surface area contributed by atoms with Crippen molar-refractivity contribution in [1.29, 1.82) is 0 Å². The molecule has 0 amide bonds. The van der Waals surface area contributed by atoms with Crippen molar-refractivity contribution in [2.24, 2.45) is 5.92 Å². The van der Waals surface area contributed by atoms with Gasteiger partial charge in [0.25, 0.3) is 0 Å². The zero-order valence-corrected chi connectivity index (χ0v) is 13.0. The van der Waals surface area contributed by atoms with E-state index < -0.39 is 0 Å². The summed E-state index contributed by atoms with van der Waals surface area (Å²) in [7, 11) is 0. The molecule has 0 saturated carbocycles. The summed E-state index contributed by atoms with van der Waals surface area (Å²) in [5.74, 6) is 0.660. The van der Waals surface area contributed by atoms with Crippen LogP contribution < -0.4 is 0 Å². The molecule has 1 aromatic carbocycles. The van der Waals surface area contributed by atoms with Gasteiger partial charge in [-0.2, -0.15) is 0 Å². The van der Waals surface area contributed by atoms with Crippen molar-refractivity contribution in [3.05, 3.63) is 53.6 Å². The summed E-state index contributed by atoms with van der Waals surface area (Å²) in [4.78, 5) is 0. The van der Waals surface area contributed by atoms with Crippen LogP contribution in [0.5, 0.6) is 0 Å².